The summed E-state index contributed by atoms with van der Waals surface area (Å²) in [4.78, 5) is 25.2. The maximum absolute atomic E-state index is 13.5. The van der Waals surface area contributed by atoms with Crippen LogP contribution in [0.3, 0.4) is 0 Å². The van der Waals surface area contributed by atoms with E-state index in [0.29, 0.717) is 17.9 Å². The first-order valence-electron chi connectivity index (χ1n) is 9.85. The van der Waals surface area contributed by atoms with Crippen LogP contribution >= 0.6 is 11.8 Å². The molecular weight excluding hydrogens is 330 g/mol. The third-order valence-electron chi connectivity index (χ3n) is 6.79. The van der Waals surface area contributed by atoms with Gasteiger partial charge in [0.15, 0.2) is 0 Å². The number of carbonyl (C=O) groups is 1. The van der Waals surface area contributed by atoms with Gasteiger partial charge in [-0.2, -0.15) is 0 Å². The van der Waals surface area contributed by atoms with E-state index in [4.69, 9.17) is 9.97 Å². The highest BCUT2D eigenvalue weighted by Crippen LogP contribution is 2.48. The van der Waals surface area contributed by atoms with Crippen LogP contribution in [0.4, 0.5) is 0 Å². The highest BCUT2D eigenvalue weighted by atomic mass is 32.2. The maximum atomic E-state index is 13.5. The number of aromatic nitrogens is 2. The predicted octanol–water partition coefficient (Wildman–Crippen LogP) is 4.04. The summed E-state index contributed by atoms with van der Waals surface area (Å²) in [6, 6.07) is 0.445. The quantitative estimate of drug-likeness (QED) is 0.605. The Morgan fingerprint density at radius 2 is 1.72 bits per heavy atom. The summed E-state index contributed by atoms with van der Waals surface area (Å²) in [6.07, 6.45) is 10.9. The first-order chi connectivity index (χ1) is 12.1. The third kappa shape index (κ3) is 2.79. The summed E-state index contributed by atoms with van der Waals surface area (Å²) in [5.74, 6) is 4.10. The topological polar surface area (TPSA) is 46.1 Å². The lowest BCUT2D eigenvalue weighted by molar-refractivity contribution is 0.0627. The highest BCUT2D eigenvalue weighted by molar-refractivity contribution is 7.98. The normalized spacial score (nSPS) is 33.6. The van der Waals surface area contributed by atoms with Gasteiger partial charge in [-0.1, -0.05) is 0 Å². The first-order valence-corrected chi connectivity index (χ1v) is 11.1. The van der Waals surface area contributed by atoms with E-state index in [9.17, 15) is 4.79 Å². The number of thioether (sulfide) groups is 1. The minimum absolute atomic E-state index is 0.197. The molecule has 5 heteroatoms. The molecule has 4 bridgehead atoms. The second kappa shape index (κ2) is 5.97. The smallest absolute Gasteiger partial charge is 0.258 e. The molecule has 0 N–H and O–H groups in total. The second-order valence-electron chi connectivity index (χ2n) is 8.71. The van der Waals surface area contributed by atoms with Crippen molar-refractivity contribution in [1.82, 2.24) is 14.9 Å². The van der Waals surface area contributed by atoms with Crippen LogP contribution in [0.5, 0.6) is 0 Å². The summed E-state index contributed by atoms with van der Waals surface area (Å²) in [6.45, 7) is 2.95. The molecule has 2 atom stereocenters. The number of carbonyl (C=O) groups excluding carboxylic acids is 1. The molecule has 3 aliphatic carbocycles. The van der Waals surface area contributed by atoms with Gasteiger partial charge >= 0.3 is 0 Å². The van der Waals surface area contributed by atoms with Gasteiger partial charge in [0.2, 0.25) is 0 Å². The lowest BCUT2D eigenvalue weighted by atomic mass is 9.68. The van der Waals surface area contributed by atoms with Crippen LogP contribution in [-0.2, 0) is 0 Å². The van der Waals surface area contributed by atoms with Crippen molar-refractivity contribution < 1.29 is 4.79 Å². The van der Waals surface area contributed by atoms with Crippen molar-refractivity contribution >= 4 is 17.7 Å². The molecule has 0 aromatic carbocycles. The zero-order valence-corrected chi connectivity index (χ0v) is 16.0. The van der Waals surface area contributed by atoms with Gasteiger partial charge in [0.05, 0.1) is 11.3 Å². The molecule has 2 saturated heterocycles. The van der Waals surface area contributed by atoms with E-state index in [1.807, 2.05) is 13.2 Å². The minimum Gasteiger partial charge on any atom is -0.335 e. The number of nitrogens with zero attached hydrogens (tertiary/aromatic N) is 3. The Bertz CT molecular complexity index is 703. The number of hydrogen-bond donors (Lipinski definition) is 0. The van der Waals surface area contributed by atoms with E-state index in [-0.39, 0.29) is 5.91 Å². The molecule has 3 saturated carbocycles. The van der Waals surface area contributed by atoms with Crippen molar-refractivity contribution in [3.8, 4) is 0 Å². The number of fused-ring (bicyclic) bond motifs is 1. The van der Waals surface area contributed by atoms with E-state index in [1.54, 1.807) is 11.8 Å². The molecule has 5 aliphatic rings. The minimum atomic E-state index is 0.197. The molecule has 2 unspecified atom stereocenters. The number of amides is 1. The van der Waals surface area contributed by atoms with Crippen LogP contribution in [0.1, 0.15) is 72.7 Å². The molecular formula is C20H27N3OS. The van der Waals surface area contributed by atoms with Crippen molar-refractivity contribution in [2.45, 2.75) is 68.9 Å². The Balaban J connectivity index is 1.49. The van der Waals surface area contributed by atoms with Crippen molar-refractivity contribution in [3.05, 3.63) is 17.1 Å². The monoisotopic (exact) mass is 357 g/mol. The molecule has 6 rings (SSSR count). The van der Waals surface area contributed by atoms with E-state index in [1.165, 1.54) is 44.9 Å². The predicted molar refractivity (Wildman–Crippen MR) is 98.9 cm³/mol. The van der Waals surface area contributed by atoms with Crippen LogP contribution in [-0.4, -0.2) is 39.6 Å². The molecule has 25 heavy (non-hydrogen) atoms. The molecule has 1 amide bonds. The third-order valence-corrected chi connectivity index (χ3v) is 7.47. The van der Waals surface area contributed by atoms with Crippen LogP contribution in [0.15, 0.2) is 5.03 Å². The van der Waals surface area contributed by atoms with Gasteiger partial charge in [-0.15, -0.1) is 11.8 Å². The maximum Gasteiger partial charge on any atom is 0.258 e. The molecule has 3 heterocycles. The Morgan fingerprint density at radius 3 is 2.36 bits per heavy atom. The van der Waals surface area contributed by atoms with Gasteiger partial charge in [-0.05, 0) is 75.9 Å². The number of rotatable bonds is 3. The Hall–Kier alpha value is -1.10. The number of aryl methyl sites for hydroxylation is 1. The molecule has 0 spiro atoms. The van der Waals surface area contributed by atoms with Gasteiger partial charge in [-0.3, -0.25) is 4.79 Å². The summed E-state index contributed by atoms with van der Waals surface area (Å²) >= 11 is 1.60. The summed E-state index contributed by atoms with van der Waals surface area (Å²) < 4.78 is 0. The Morgan fingerprint density at radius 1 is 1.04 bits per heavy atom. The van der Waals surface area contributed by atoms with Crippen molar-refractivity contribution in [2.75, 3.05) is 12.8 Å². The van der Waals surface area contributed by atoms with Gasteiger partial charge in [0.1, 0.15) is 10.9 Å². The standard InChI is InChI=1S/C20H27N3OS/c1-11-17(19(25-2)22-18(21-11)15-3-4-15)20(24)23-10-14-6-12-5-13(7-14)9-16(23)8-12/h12-16H,3-10H2,1-2H3. The van der Waals surface area contributed by atoms with Crippen molar-refractivity contribution in [2.24, 2.45) is 17.8 Å². The van der Waals surface area contributed by atoms with Crippen LogP contribution in [0, 0.1) is 24.7 Å². The average Bonchev–Trinajstić information content (AvgIpc) is 3.43. The molecule has 1 aromatic heterocycles. The molecule has 0 radical (unpaired) electrons. The molecule has 4 nitrogen and oxygen atoms in total. The molecule has 2 aliphatic heterocycles. The highest BCUT2D eigenvalue weighted by Gasteiger charge is 2.44. The summed E-state index contributed by atoms with van der Waals surface area (Å²) in [5.41, 5.74) is 1.66. The summed E-state index contributed by atoms with van der Waals surface area (Å²) in [5, 5.41) is 0.892. The lowest BCUT2D eigenvalue weighted by Gasteiger charge is -2.39. The fraction of sp³-hybridized carbons (Fsp3) is 0.750. The van der Waals surface area contributed by atoms with Crippen LogP contribution in [0.25, 0.3) is 0 Å². The lowest BCUT2D eigenvalue weighted by Crippen LogP contribution is -2.42. The zero-order valence-electron chi connectivity index (χ0n) is 15.2. The average molecular weight is 358 g/mol. The van der Waals surface area contributed by atoms with Crippen LogP contribution < -0.4 is 0 Å². The first kappa shape index (κ1) is 16.1. The Labute approximate surface area is 154 Å². The Kier molecular flexibility index (Phi) is 3.84. The molecule has 5 fully saturated rings. The summed E-state index contributed by atoms with van der Waals surface area (Å²) in [7, 11) is 0. The second-order valence-corrected chi connectivity index (χ2v) is 9.51. The number of hydrogen-bond acceptors (Lipinski definition) is 4. The molecule has 134 valence electrons. The van der Waals surface area contributed by atoms with Gasteiger partial charge < -0.3 is 4.90 Å². The fourth-order valence-corrected chi connectivity index (χ4v) is 6.29. The van der Waals surface area contributed by atoms with E-state index >= 15 is 0 Å². The zero-order chi connectivity index (χ0) is 17.1. The SMILES string of the molecule is CSc1nc(C2CC2)nc(C)c1C(=O)N1CC2CC3CC(C2)CC1C3. The largest absolute Gasteiger partial charge is 0.335 e. The van der Waals surface area contributed by atoms with Gasteiger partial charge in [-0.25, -0.2) is 9.97 Å². The fourth-order valence-electron chi connectivity index (χ4n) is 5.66. The van der Waals surface area contributed by atoms with E-state index in [2.05, 4.69) is 4.90 Å². The van der Waals surface area contributed by atoms with E-state index < -0.39 is 0 Å². The van der Waals surface area contributed by atoms with Crippen molar-refractivity contribution in [1.29, 1.82) is 0 Å². The van der Waals surface area contributed by atoms with Gasteiger partial charge in [0.25, 0.3) is 5.91 Å². The molecule has 1 aromatic rings. The van der Waals surface area contributed by atoms with Gasteiger partial charge in [0, 0.05) is 18.5 Å². The van der Waals surface area contributed by atoms with E-state index in [0.717, 1.165) is 40.5 Å². The van der Waals surface area contributed by atoms with Crippen molar-refractivity contribution in [3.63, 3.8) is 0 Å². The van der Waals surface area contributed by atoms with Crippen LogP contribution in [0.2, 0.25) is 0 Å².